The molecular weight excluding hydrogens is 306 g/mol. The second-order valence-corrected chi connectivity index (χ2v) is 5.03. The third-order valence-corrected chi connectivity index (χ3v) is 3.29. The lowest BCUT2D eigenvalue weighted by Crippen LogP contribution is -2.09. The SMILES string of the molecule is CC(Nc1nc(Br)cn2ccnc12)c1ccncc1. The molecule has 0 saturated heterocycles. The van der Waals surface area contributed by atoms with Gasteiger partial charge in [-0.15, -0.1) is 0 Å². The lowest BCUT2D eigenvalue weighted by atomic mass is 10.1. The zero-order valence-corrected chi connectivity index (χ0v) is 11.9. The fourth-order valence-electron chi connectivity index (χ4n) is 1.94. The maximum absolute atomic E-state index is 4.45. The molecule has 0 aliphatic heterocycles. The van der Waals surface area contributed by atoms with Gasteiger partial charge in [-0.2, -0.15) is 0 Å². The minimum atomic E-state index is 0.130. The fourth-order valence-corrected chi connectivity index (χ4v) is 2.34. The van der Waals surface area contributed by atoms with Crippen molar-refractivity contribution >= 4 is 27.4 Å². The lowest BCUT2D eigenvalue weighted by molar-refractivity contribution is 0.867. The molecule has 19 heavy (non-hydrogen) atoms. The van der Waals surface area contributed by atoms with Crippen LogP contribution in [0.2, 0.25) is 0 Å². The maximum atomic E-state index is 4.45. The van der Waals surface area contributed by atoms with E-state index in [-0.39, 0.29) is 6.04 Å². The Kier molecular flexibility index (Phi) is 3.16. The second-order valence-electron chi connectivity index (χ2n) is 4.22. The Morgan fingerprint density at radius 3 is 2.84 bits per heavy atom. The van der Waals surface area contributed by atoms with Gasteiger partial charge in [0.2, 0.25) is 0 Å². The molecule has 1 N–H and O–H groups in total. The van der Waals surface area contributed by atoms with Crippen molar-refractivity contribution in [3.8, 4) is 0 Å². The van der Waals surface area contributed by atoms with Crippen LogP contribution in [0.1, 0.15) is 18.5 Å². The number of imidazole rings is 1. The first-order valence-electron chi connectivity index (χ1n) is 5.90. The highest BCUT2D eigenvalue weighted by molar-refractivity contribution is 9.10. The van der Waals surface area contributed by atoms with Crippen LogP contribution in [0.15, 0.2) is 47.7 Å². The summed E-state index contributed by atoms with van der Waals surface area (Å²) in [6, 6.07) is 4.10. The number of anilines is 1. The number of hydrogen-bond donors (Lipinski definition) is 1. The van der Waals surface area contributed by atoms with Gasteiger partial charge in [0.1, 0.15) is 4.60 Å². The summed E-state index contributed by atoms with van der Waals surface area (Å²) in [6.45, 7) is 2.08. The van der Waals surface area contributed by atoms with Crippen molar-refractivity contribution in [2.45, 2.75) is 13.0 Å². The first-order valence-corrected chi connectivity index (χ1v) is 6.69. The molecule has 0 spiro atoms. The standard InChI is InChI=1S/C13H12BrN5/c1-9(10-2-4-15-5-3-10)17-12-13-16-6-7-19(13)8-11(14)18-12/h2-9H,1H3,(H,17,18). The van der Waals surface area contributed by atoms with Gasteiger partial charge in [0.05, 0.1) is 6.04 Å². The van der Waals surface area contributed by atoms with E-state index >= 15 is 0 Å². The summed E-state index contributed by atoms with van der Waals surface area (Å²) in [7, 11) is 0. The van der Waals surface area contributed by atoms with Crippen molar-refractivity contribution in [1.29, 1.82) is 0 Å². The van der Waals surface area contributed by atoms with Crippen LogP contribution in [-0.2, 0) is 0 Å². The summed E-state index contributed by atoms with van der Waals surface area (Å²) in [5.74, 6) is 0.753. The Morgan fingerprint density at radius 2 is 2.05 bits per heavy atom. The largest absolute Gasteiger partial charge is 0.360 e. The molecule has 6 heteroatoms. The Balaban J connectivity index is 1.95. The minimum absolute atomic E-state index is 0.130. The highest BCUT2D eigenvalue weighted by Gasteiger charge is 2.10. The smallest absolute Gasteiger partial charge is 0.180 e. The number of halogens is 1. The van der Waals surface area contributed by atoms with Crippen LogP contribution in [0.5, 0.6) is 0 Å². The van der Waals surface area contributed by atoms with Gasteiger partial charge in [0, 0.05) is 31.0 Å². The maximum Gasteiger partial charge on any atom is 0.180 e. The van der Waals surface area contributed by atoms with E-state index in [9.17, 15) is 0 Å². The van der Waals surface area contributed by atoms with Crippen molar-refractivity contribution in [3.05, 3.63) is 53.3 Å². The number of aromatic nitrogens is 4. The van der Waals surface area contributed by atoms with Gasteiger partial charge in [0.25, 0.3) is 0 Å². The van der Waals surface area contributed by atoms with Gasteiger partial charge in [-0.3, -0.25) is 4.98 Å². The number of rotatable bonds is 3. The number of fused-ring (bicyclic) bond motifs is 1. The number of pyridine rings is 1. The molecule has 96 valence electrons. The predicted molar refractivity (Wildman–Crippen MR) is 77.0 cm³/mol. The molecule has 3 aromatic rings. The van der Waals surface area contributed by atoms with Crippen LogP contribution < -0.4 is 5.32 Å². The fraction of sp³-hybridized carbons (Fsp3) is 0.154. The molecule has 0 radical (unpaired) electrons. The minimum Gasteiger partial charge on any atom is -0.360 e. The molecule has 5 nitrogen and oxygen atoms in total. The van der Waals surface area contributed by atoms with Crippen LogP contribution in [0.25, 0.3) is 5.65 Å². The predicted octanol–water partition coefficient (Wildman–Crippen LogP) is 3.06. The van der Waals surface area contributed by atoms with Gasteiger partial charge < -0.3 is 9.72 Å². The van der Waals surface area contributed by atoms with E-state index in [4.69, 9.17) is 0 Å². The summed E-state index contributed by atoms with van der Waals surface area (Å²) < 4.78 is 2.70. The molecule has 3 aromatic heterocycles. The molecule has 0 bridgehead atoms. The second kappa shape index (κ2) is 4.97. The highest BCUT2D eigenvalue weighted by Crippen LogP contribution is 2.22. The van der Waals surface area contributed by atoms with Crippen molar-refractivity contribution in [2.24, 2.45) is 0 Å². The van der Waals surface area contributed by atoms with E-state index in [0.29, 0.717) is 0 Å². The molecule has 3 rings (SSSR count). The molecular formula is C13H12BrN5. The number of nitrogens with zero attached hydrogens (tertiary/aromatic N) is 4. The molecule has 1 atom stereocenters. The third-order valence-electron chi connectivity index (χ3n) is 2.90. The first-order chi connectivity index (χ1) is 9.24. The average Bonchev–Trinajstić information content (AvgIpc) is 2.88. The first kappa shape index (κ1) is 12.1. The quantitative estimate of drug-likeness (QED) is 0.806. The monoisotopic (exact) mass is 317 g/mol. The van der Waals surface area contributed by atoms with Crippen LogP contribution in [0.4, 0.5) is 5.82 Å². The van der Waals surface area contributed by atoms with E-state index in [2.05, 4.69) is 43.1 Å². The Hall–Kier alpha value is -1.95. The summed E-state index contributed by atoms with van der Waals surface area (Å²) in [6.07, 6.45) is 9.10. The van der Waals surface area contributed by atoms with Crippen LogP contribution in [-0.4, -0.2) is 19.4 Å². The highest BCUT2D eigenvalue weighted by atomic mass is 79.9. The summed E-state index contributed by atoms with van der Waals surface area (Å²) >= 11 is 3.40. The van der Waals surface area contributed by atoms with Gasteiger partial charge >= 0.3 is 0 Å². The van der Waals surface area contributed by atoms with Crippen LogP contribution in [0, 0.1) is 0 Å². The molecule has 1 unspecified atom stereocenters. The summed E-state index contributed by atoms with van der Waals surface area (Å²) in [5.41, 5.74) is 1.96. The summed E-state index contributed by atoms with van der Waals surface area (Å²) in [5, 5.41) is 3.38. The van der Waals surface area contributed by atoms with E-state index < -0.39 is 0 Å². The lowest BCUT2D eigenvalue weighted by Gasteiger charge is -2.15. The number of hydrogen-bond acceptors (Lipinski definition) is 4. The van der Waals surface area contributed by atoms with Gasteiger partial charge in [-0.05, 0) is 40.5 Å². The van der Waals surface area contributed by atoms with Gasteiger partial charge in [0.15, 0.2) is 11.5 Å². The van der Waals surface area contributed by atoms with Crippen LogP contribution >= 0.6 is 15.9 Å². The topological polar surface area (TPSA) is 55.1 Å². The molecule has 0 fully saturated rings. The molecule has 0 saturated carbocycles. The van der Waals surface area contributed by atoms with E-state index in [0.717, 1.165) is 21.6 Å². The molecule has 3 heterocycles. The molecule has 0 aliphatic rings. The van der Waals surface area contributed by atoms with E-state index in [1.807, 2.05) is 28.9 Å². The van der Waals surface area contributed by atoms with Crippen molar-refractivity contribution in [2.75, 3.05) is 5.32 Å². The van der Waals surface area contributed by atoms with Crippen LogP contribution in [0.3, 0.4) is 0 Å². The van der Waals surface area contributed by atoms with Crippen molar-refractivity contribution < 1.29 is 0 Å². The number of nitrogens with one attached hydrogen (secondary N) is 1. The van der Waals surface area contributed by atoms with Gasteiger partial charge in [-0.1, -0.05) is 0 Å². The average molecular weight is 318 g/mol. The Labute approximate surface area is 118 Å². The molecule has 0 amide bonds. The van der Waals surface area contributed by atoms with Crippen molar-refractivity contribution in [1.82, 2.24) is 19.4 Å². The van der Waals surface area contributed by atoms with E-state index in [1.54, 1.807) is 18.6 Å². The van der Waals surface area contributed by atoms with Crippen molar-refractivity contribution in [3.63, 3.8) is 0 Å². The Bertz CT molecular complexity index is 695. The zero-order chi connectivity index (χ0) is 13.2. The molecule has 0 aliphatic carbocycles. The van der Waals surface area contributed by atoms with E-state index in [1.165, 1.54) is 0 Å². The van der Waals surface area contributed by atoms with Gasteiger partial charge in [-0.25, -0.2) is 9.97 Å². The third kappa shape index (κ3) is 2.44. The Morgan fingerprint density at radius 1 is 1.26 bits per heavy atom. The molecule has 0 aromatic carbocycles. The zero-order valence-electron chi connectivity index (χ0n) is 10.3. The summed E-state index contributed by atoms with van der Waals surface area (Å²) in [4.78, 5) is 12.8. The normalized spacial score (nSPS) is 12.5.